The van der Waals surface area contributed by atoms with E-state index in [1.165, 1.54) is 47.8 Å². The van der Waals surface area contributed by atoms with Crippen LogP contribution in [0.1, 0.15) is 44.6 Å². The van der Waals surface area contributed by atoms with E-state index in [1.807, 2.05) is 0 Å². The fourth-order valence-corrected chi connectivity index (χ4v) is 3.12. The van der Waals surface area contributed by atoms with E-state index in [2.05, 4.69) is 59.1 Å². The highest BCUT2D eigenvalue weighted by Crippen LogP contribution is 2.29. The van der Waals surface area contributed by atoms with Crippen LogP contribution in [0.4, 0.5) is 0 Å². The second kappa shape index (κ2) is 7.49. The minimum absolute atomic E-state index is 0.973. The number of benzene rings is 1. The van der Waals surface area contributed by atoms with Gasteiger partial charge in [-0.15, -0.1) is 0 Å². The van der Waals surface area contributed by atoms with E-state index in [0.29, 0.717) is 0 Å². The van der Waals surface area contributed by atoms with E-state index >= 15 is 0 Å². The third-order valence-corrected chi connectivity index (χ3v) is 4.83. The highest BCUT2D eigenvalue weighted by molar-refractivity contribution is 14.1. The molecule has 100 valence electrons. The monoisotopic (exact) mass is 357 g/mol. The van der Waals surface area contributed by atoms with E-state index < -0.39 is 0 Å². The van der Waals surface area contributed by atoms with E-state index in [4.69, 9.17) is 0 Å². The van der Waals surface area contributed by atoms with Crippen molar-refractivity contribution in [1.29, 1.82) is 0 Å². The van der Waals surface area contributed by atoms with Crippen LogP contribution in [0.15, 0.2) is 24.3 Å². The third-order valence-electron chi connectivity index (χ3n) is 4.11. The lowest BCUT2D eigenvalue weighted by Gasteiger charge is -2.26. The first-order valence-electron chi connectivity index (χ1n) is 7.19. The number of hydrogen-bond donors (Lipinski definition) is 1. The number of rotatable bonds is 5. The zero-order valence-corrected chi connectivity index (χ0v) is 13.4. The van der Waals surface area contributed by atoms with Crippen molar-refractivity contribution in [2.24, 2.45) is 11.8 Å². The molecule has 0 radical (unpaired) electrons. The van der Waals surface area contributed by atoms with Gasteiger partial charge in [-0.05, 0) is 65.1 Å². The molecule has 0 heterocycles. The number of halogens is 1. The van der Waals surface area contributed by atoms with Crippen LogP contribution in [-0.4, -0.2) is 6.54 Å². The molecular weight excluding hydrogens is 333 g/mol. The van der Waals surface area contributed by atoms with Crippen molar-refractivity contribution in [3.63, 3.8) is 0 Å². The van der Waals surface area contributed by atoms with Gasteiger partial charge in [-0.25, -0.2) is 0 Å². The first kappa shape index (κ1) is 14.3. The van der Waals surface area contributed by atoms with Crippen molar-refractivity contribution in [2.75, 3.05) is 6.54 Å². The molecule has 0 spiro atoms. The van der Waals surface area contributed by atoms with Gasteiger partial charge in [-0.2, -0.15) is 0 Å². The SMILES string of the molecule is CC1CCC(CCNCc2ccc(I)cc2)CC1. The summed E-state index contributed by atoms with van der Waals surface area (Å²) in [5, 5.41) is 3.58. The average Bonchev–Trinajstić information content (AvgIpc) is 2.39. The molecule has 2 heteroatoms. The van der Waals surface area contributed by atoms with E-state index in [0.717, 1.165) is 18.4 Å². The van der Waals surface area contributed by atoms with Crippen LogP contribution in [-0.2, 0) is 6.54 Å². The molecule has 1 saturated carbocycles. The Morgan fingerprint density at radius 3 is 2.44 bits per heavy atom. The Hall–Kier alpha value is -0.0900. The molecule has 0 atom stereocenters. The van der Waals surface area contributed by atoms with Gasteiger partial charge < -0.3 is 5.32 Å². The second-order valence-electron chi connectivity index (χ2n) is 5.72. The van der Waals surface area contributed by atoms with Crippen molar-refractivity contribution in [2.45, 2.75) is 45.6 Å². The maximum Gasteiger partial charge on any atom is 0.0205 e. The molecule has 1 fully saturated rings. The Morgan fingerprint density at radius 1 is 1.11 bits per heavy atom. The topological polar surface area (TPSA) is 12.0 Å². The van der Waals surface area contributed by atoms with Crippen molar-refractivity contribution in [3.8, 4) is 0 Å². The first-order valence-corrected chi connectivity index (χ1v) is 8.27. The molecule has 1 aliphatic rings. The lowest BCUT2D eigenvalue weighted by molar-refractivity contribution is 0.275. The quantitative estimate of drug-likeness (QED) is 0.600. The summed E-state index contributed by atoms with van der Waals surface area (Å²) in [4.78, 5) is 0. The maximum atomic E-state index is 3.58. The summed E-state index contributed by atoms with van der Waals surface area (Å²) < 4.78 is 1.31. The Balaban J connectivity index is 1.60. The van der Waals surface area contributed by atoms with Crippen LogP contribution >= 0.6 is 22.6 Å². The molecule has 0 unspecified atom stereocenters. The van der Waals surface area contributed by atoms with Gasteiger partial charge in [-0.3, -0.25) is 0 Å². The van der Waals surface area contributed by atoms with E-state index in [9.17, 15) is 0 Å². The van der Waals surface area contributed by atoms with Gasteiger partial charge in [0, 0.05) is 10.1 Å². The van der Waals surface area contributed by atoms with Crippen LogP contribution in [0.3, 0.4) is 0 Å². The molecule has 0 aliphatic heterocycles. The van der Waals surface area contributed by atoms with Gasteiger partial charge in [0.2, 0.25) is 0 Å². The fourth-order valence-electron chi connectivity index (χ4n) is 2.76. The number of nitrogens with one attached hydrogen (secondary N) is 1. The van der Waals surface area contributed by atoms with Crippen molar-refractivity contribution >= 4 is 22.6 Å². The standard InChI is InChI=1S/C16H24IN/c1-13-2-4-14(5-3-13)10-11-18-12-15-6-8-16(17)9-7-15/h6-9,13-14,18H,2-5,10-12H2,1H3. The summed E-state index contributed by atoms with van der Waals surface area (Å²) in [6.45, 7) is 4.58. The van der Waals surface area contributed by atoms with Gasteiger partial charge in [-0.1, -0.05) is 44.7 Å². The molecule has 1 N–H and O–H groups in total. The molecular formula is C16H24IN. The van der Waals surface area contributed by atoms with Crippen LogP contribution in [0.2, 0.25) is 0 Å². The molecule has 1 aliphatic carbocycles. The molecule has 0 amide bonds. The first-order chi connectivity index (χ1) is 8.74. The summed E-state index contributed by atoms with van der Waals surface area (Å²) >= 11 is 2.35. The highest BCUT2D eigenvalue weighted by atomic mass is 127. The molecule has 0 saturated heterocycles. The predicted molar refractivity (Wildman–Crippen MR) is 86.6 cm³/mol. The summed E-state index contributed by atoms with van der Waals surface area (Å²) in [5.41, 5.74) is 1.40. The molecule has 0 bridgehead atoms. The summed E-state index contributed by atoms with van der Waals surface area (Å²) in [6, 6.07) is 8.80. The molecule has 18 heavy (non-hydrogen) atoms. The van der Waals surface area contributed by atoms with Crippen molar-refractivity contribution in [3.05, 3.63) is 33.4 Å². The summed E-state index contributed by atoms with van der Waals surface area (Å²) in [6.07, 6.45) is 7.15. The second-order valence-corrected chi connectivity index (χ2v) is 6.96. The Labute approximate surface area is 125 Å². The van der Waals surface area contributed by atoms with Crippen LogP contribution in [0, 0.1) is 15.4 Å². The zero-order valence-electron chi connectivity index (χ0n) is 11.3. The van der Waals surface area contributed by atoms with Crippen LogP contribution in [0.25, 0.3) is 0 Å². The van der Waals surface area contributed by atoms with Gasteiger partial charge in [0.05, 0.1) is 0 Å². The van der Waals surface area contributed by atoms with E-state index in [-0.39, 0.29) is 0 Å². The molecule has 0 aromatic heterocycles. The van der Waals surface area contributed by atoms with Gasteiger partial charge in [0.25, 0.3) is 0 Å². The Bertz CT molecular complexity index is 339. The predicted octanol–water partition coefficient (Wildman–Crippen LogP) is 4.60. The molecule has 1 aromatic rings. The summed E-state index contributed by atoms with van der Waals surface area (Å²) in [5.74, 6) is 1.95. The normalized spacial score (nSPS) is 24.1. The highest BCUT2D eigenvalue weighted by Gasteiger charge is 2.17. The van der Waals surface area contributed by atoms with Gasteiger partial charge >= 0.3 is 0 Å². The Kier molecular flexibility index (Phi) is 5.96. The Morgan fingerprint density at radius 2 is 1.78 bits per heavy atom. The van der Waals surface area contributed by atoms with Crippen LogP contribution in [0.5, 0.6) is 0 Å². The van der Waals surface area contributed by atoms with Crippen molar-refractivity contribution < 1.29 is 0 Å². The van der Waals surface area contributed by atoms with Gasteiger partial charge in [0.15, 0.2) is 0 Å². The third kappa shape index (κ3) is 4.88. The molecule has 2 rings (SSSR count). The lowest BCUT2D eigenvalue weighted by Crippen LogP contribution is -2.20. The van der Waals surface area contributed by atoms with Crippen LogP contribution < -0.4 is 5.32 Å². The summed E-state index contributed by atoms with van der Waals surface area (Å²) in [7, 11) is 0. The molecule has 1 nitrogen and oxygen atoms in total. The van der Waals surface area contributed by atoms with E-state index in [1.54, 1.807) is 0 Å². The van der Waals surface area contributed by atoms with Gasteiger partial charge in [0.1, 0.15) is 0 Å². The minimum Gasteiger partial charge on any atom is -0.313 e. The number of hydrogen-bond acceptors (Lipinski definition) is 1. The minimum atomic E-state index is 0.973. The van der Waals surface area contributed by atoms with Crippen molar-refractivity contribution in [1.82, 2.24) is 5.32 Å². The molecule has 1 aromatic carbocycles. The maximum absolute atomic E-state index is 3.58. The largest absolute Gasteiger partial charge is 0.313 e. The average molecular weight is 357 g/mol. The lowest BCUT2D eigenvalue weighted by atomic mass is 9.81. The fraction of sp³-hybridized carbons (Fsp3) is 0.625. The smallest absolute Gasteiger partial charge is 0.0205 e. The zero-order chi connectivity index (χ0) is 12.8.